The van der Waals surface area contributed by atoms with Gasteiger partial charge in [0.1, 0.15) is 6.10 Å². The Morgan fingerprint density at radius 3 is 2.71 bits per heavy atom. The van der Waals surface area contributed by atoms with Gasteiger partial charge < -0.3 is 36.6 Å². The number of aromatic nitrogens is 2. The number of benzene rings is 1. The Morgan fingerprint density at radius 1 is 1.11 bits per heavy atom. The predicted octanol–water partition coefficient (Wildman–Crippen LogP) is -1.34. The molecular formula is C25H30N10O3. The van der Waals surface area contributed by atoms with Crippen molar-refractivity contribution in [3.8, 4) is 0 Å². The van der Waals surface area contributed by atoms with E-state index in [4.69, 9.17) is 10.8 Å². The lowest BCUT2D eigenvalue weighted by Crippen LogP contribution is -2.78. The normalized spacial score (nSPS) is 29.2. The van der Waals surface area contributed by atoms with E-state index in [2.05, 4.69) is 42.6 Å². The maximum atomic E-state index is 13.4. The van der Waals surface area contributed by atoms with Crippen LogP contribution in [-0.2, 0) is 12.8 Å². The van der Waals surface area contributed by atoms with Crippen molar-refractivity contribution in [1.29, 1.82) is 10.8 Å². The lowest BCUT2D eigenvalue weighted by molar-refractivity contribution is 0.00611. The fourth-order valence-electron chi connectivity index (χ4n) is 6.24. The zero-order chi connectivity index (χ0) is 26.4. The van der Waals surface area contributed by atoms with Gasteiger partial charge in [-0.05, 0) is 48.9 Å². The van der Waals surface area contributed by atoms with Gasteiger partial charge in [-0.15, -0.1) is 0 Å². The molecule has 2 amide bonds. The van der Waals surface area contributed by atoms with E-state index in [1.807, 2.05) is 12.1 Å². The van der Waals surface area contributed by atoms with Gasteiger partial charge in [0.2, 0.25) is 5.82 Å². The van der Waals surface area contributed by atoms with Crippen LogP contribution in [0.5, 0.6) is 0 Å². The quantitative estimate of drug-likeness (QED) is 0.237. The van der Waals surface area contributed by atoms with E-state index in [1.165, 1.54) is 18.0 Å². The Kier molecular flexibility index (Phi) is 5.86. The summed E-state index contributed by atoms with van der Waals surface area (Å²) >= 11 is 0. The topological polar surface area (TPSA) is 191 Å². The molecule has 2 unspecified atom stereocenters. The number of guanidine groups is 2. The molecule has 3 fully saturated rings. The fraction of sp³-hybridized carbons (Fsp3) is 0.440. The molecule has 1 aliphatic carbocycles. The van der Waals surface area contributed by atoms with E-state index in [1.54, 1.807) is 11.0 Å². The molecule has 4 aliphatic rings. The average Bonchev–Trinajstić information content (AvgIpc) is 3.43. The second-order valence-electron chi connectivity index (χ2n) is 10.1. The number of amides is 2. The molecule has 38 heavy (non-hydrogen) atoms. The SMILES string of the molecule is N=C1N[C@H]2[C@H](CNC(=O)c3ncccn3)NC(=N)N3CC(NC(=O)c4cccc5c4CCCC5)[C@@H](O)C23N1. The highest BCUT2D eigenvalue weighted by molar-refractivity contribution is 5.96. The summed E-state index contributed by atoms with van der Waals surface area (Å²) in [6, 6.07) is 5.55. The van der Waals surface area contributed by atoms with Crippen molar-refractivity contribution in [2.24, 2.45) is 0 Å². The van der Waals surface area contributed by atoms with Gasteiger partial charge in [-0.1, -0.05) is 12.1 Å². The summed E-state index contributed by atoms with van der Waals surface area (Å²) in [4.78, 5) is 35.5. The molecule has 198 valence electrons. The van der Waals surface area contributed by atoms with Crippen LogP contribution in [0.25, 0.3) is 0 Å². The highest BCUT2D eigenvalue weighted by Crippen LogP contribution is 2.37. The Labute approximate surface area is 218 Å². The van der Waals surface area contributed by atoms with Crippen molar-refractivity contribution in [2.75, 3.05) is 13.1 Å². The van der Waals surface area contributed by atoms with Crippen molar-refractivity contribution in [2.45, 2.75) is 55.6 Å². The number of aliphatic hydroxyl groups excluding tert-OH is 1. The van der Waals surface area contributed by atoms with Crippen LogP contribution in [0, 0.1) is 10.8 Å². The third kappa shape index (κ3) is 3.81. The van der Waals surface area contributed by atoms with E-state index in [-0.39, 0.29) is 36.7 Å². The number of nitrogens with zero attached hydrogens (tertiary/aromatic N) is 3. The summed E-state index contributed by atoms with van der Waals surface area (Å²) in [7, 11) is 0. The van der Waals surface area contributed by atoms with E-state index in [0.29, 0.717) is 5.56 Å². The van der Waals surface area contributed by atoms with Crippen molar-refractivity contribution in [1.82, 2.24) is 41.5 Å². The summed E-state index contributed by atoms with van der Waals surface area (Å²) in [6.07, 6.45) is 5.75. The number of aliphatic hydroxyl groups is 1. The molecule has 3 aliphatic heterocycles. The lowest BCUT2D eigenvalue weighted by atomic mass is 9.86. The molecule has 1 aromatic heterocycles. The molecule has 8 N–H and O–H groups in total. The molecule has 0 bridgehead atoms. The van der Waals surface area contributed by atoms with Crippen LogP contribution in [0.3, 0.4) is 0 Å². The van der Waals surface area contributed by atoms with Gasteiger partial charge in [0, 0.05) is 31.0 Å². The first kappa shape index (κ1) is 24.1. The van der Waals surface area contributed by atoms with Crippen molar-refractivity contribution < 1.29 is 14.7 Å². The minimum atomic E-state index is -1.26. The number of nitrogens with one attached hydrogen (secondary N) is 7. The summed E-state index contributed by atoms with van der Waals surface area (Å²) in [6.45, 7) is 0.255. The first-order valence-corrected chi connectivity index (χ1v) is 12.8. The first-order valence-electron chi connectivity index (χ1n) is 12.8. The molecule has 0 radical (unpaired) electrons. The van der Waals surface area contributed by atoms with E-state index in [0.717, 1.165) is 31.2 Å². The largest absolute Gasteiger partial charge is 0.386 e. The average molecular weight is 519 g/mol. The van der Waals surface area contributed by atoms with E-state index in [9.17, 15) is 14.7 Å². The second kappa shape index (κ2) is 9.24. The molecule has 4 heterocycles. The smallest absolute Gasteiger partial charge is 0.289 e. The molecule has 0 saturated carbocycles. The van der Waals surface area contributed by atoms with Crippen LogP contribution in [0.2, 0.25) is 0 Å². The number of hydrogen-bond acceptors (Lipinski definition) is 7. The molecule has 2 aromatic rings. The summed E-state index contributed by atoms with van der Waals surface area (Å²) < 4.78 is 0. The van der Waals surface area contributed by atoms with Crippen LogP contribution in [0.1, 0.15) is 44.9 Å². The lowest BCUT2D eigenvalue weighted by Gasteiger charge is -2.49. The zero-order valence-corrected chi connectivity index (χ0v) is 20.6. The van der Waals surface area contributed by atoms with Gasteiger partial charge in [0.25, 0.3) is 11.8 Å². The number of rotatable bonds is 5. The first-order chi connectivity index (χ1) is 18.4. The number of carbonyl (C=O) groups is 2. The number of aryl methyl sites for hydroxylation is 1. The van der Waals surface area contributed by atoms with Crippen molar-refractivity contribution in [3.05, 3.63) is 59.2 Å². The summed E-state index contributed by atoms with van der Waals surface area (Å²) in [5.41, 5.74) is 1.62. The van der Waals surface area contributed by atoms with Gasteiger partial charge in [-0.25, -0.2) is 9.97 Å². The predicted molar refractivity (Wildman–Crippen MR) is 137 cm³/mol. The van der Waals surface area contributed by atoms with Crippen LogP contribution < -0.4 is 26.6 Å². The highest BCUT2D eigenvalue weighted by Gasteiger charge is 2.66. The van der Waals surface area contributed by atoms with Crippen molar-refractivity contribution >= 4 is 23.7 Å². The molecule has 5 atom stereocenters. The molecule has 1 spiro atoms. The minimum absolute atomic E-state index is 0.0117. The third-order valence-electron chi connectivity index (χ3n) is 7.96. The van der Waals surface area contributed by atoms with E-state index < -0.39 is 35.8 Å². The molecule has 13 heteroatoms. The minimum Gasteiger partial charge on any atom is -0.386 e. The van der Waals surface area contributed by atoms with Gasteiger partial charge in [0.05, 0.1) is 18.1 Å². The van der Waals surface area contributed by atoms with Crippen LogP contribution in [0.15, 0.2) is 36.7 Å². The second-order valence-corrected chi connectivity index (χ2v) is 10.1. The van der Waals surface area contributed by atoms with Gasteiger partial charge in [0.15, 0.2) is 17.6 Å². The summed E-state index contributed by atoms with van der Waals surface area (Å²) in [5, 5.41) is 43.5. The Bertz CT molecular complexity index is 1300. The summed E-state index contributed by atoms with van der Waals surface area (Å²) in [5.74, 6) is -0.699. The molecule has 13 nitrogen and oxygen atoms in total. The Hall–Kier alpha value is -4.26. The highest BCUT2D eigenvalue weighted by atomic mass is 16.3. The number of carbonyl (C=O) groups excluding carboxylic acids is 2. The van der Waals surface area contributed by atoms with Crippen molar-refractivity contribution in [3.63, 3.8) is 0 Å². The van der Waals surface area contributed by atoms with Gasteiger partial charge >= 0.3 is 0 Å². The van der Waals surface area contributed by atoms with Crippen LogP contribution in [-0.4, -0.2) is 86.7 Å². The Balaban J connectivity index is 1.22. The number of fused-ring (bicyclic) bond motifs is 1. The Morgan fingerprint density at radius 2 is 1.89 bits per heavy atom. The van der Waals surface area contributed by atoms with E-state index >= 15 is 0 Å². The molecule has 1 aromatic carbocycles. The standard InChI is InChI=1S/C25H30N10O3/c26-23-33-18-16(11-30-22(38)20-28-9-4-10-29-20)32-24(27)35-12-17(19(36)25(18,35)34-23)31-21(37)15-8-3-6-13-5-1-2-7-14(13)15/h3-4,6,8-10,16-19,36H,1-2,5,7,11-12H2,(H2,27,32)(H,30,38)(H,31,37)(H3,26,33,34)/t16-,17?,18-,19+,25?/m0/s1. The van der Waals surface area contributed by atoms with Crippen LogP contribution >= 0.6 is 0 Å². The van der Waals surface area contributed by atoms with Crippen LogP contribution in [0.4, 0.5) is 0 Å². The molecule has 3 saturated heterocycles. The maximum absolute atomic E-state index is 13.4. The molecular weight excluding hydrogens is 488 g/mol. The van der Waals surface area contributed by atoms with Gasteiger partial charge in [-0.2, -0.15) is 0 Å². The third-order valence-corrected chi connectivity index (χ3v) is 7.96. The monoisotopic (exact) mass is 518 g/mol. The molecule has 6 rings (SSSR count). The van der Waals surface area contributed by atoms with Gasteiger partial charge in [-0.3, -0.25) is 20.4 Å². The zero-order valence-electron chi connectivity index (χ0n) is 20.6. The maximum Gasteiger partial charge on any atom is 0.289 e. The fourth-order valence-corrected chi connectivity index (χ4v) is 6.24. The number of hydrogen-bond donors (Lipinski definition) is 8.